The molecule has 0 amide bonds. The Morgan fingerprint density at radius 3 is 2.46 bits per heavy atom. The summed E-state index contributed by atoms with van der Waals surface area (Å²) in [5.74, 6) is 3.14. The van der Waals surface area contributed by atoms with Gasteiger partial charge < -0.3 is 0 Å². The van der Waals surface area contributed by atoms with Gasteiger partial charge in [0.05, 0.1) is 0 Å². The number of thioether (sulfide) groups is 1. The van der Waals surface area contributed by atoms with E-state index in [0.717, 1.165) is 40.6 Å². The number of hydrogen-bond donors (Lipinski definition) is 0. The van der Waals surface area contributed by atoms with Gasteiger partial charge in [-0.2, -0.15) is 0 Å². The predicted octanol–water partition coefficient (Wildman–Crippen LogP) is 3.09. The van der Waals surface area contributed by atoms with Crippen LogP contribution in [-0.4, -0.2) is 69.7 Å². The zero-order valence-corrected chi connectivity index (χ0v) is 17.9. The topological polar surface area (TPSA) is 46.4 Å². The van der Waals surface area contributed by atoms with Crippen molar-refractivity contribution >= 4 is 44.0 Å². The molecule has 141 valence electrons. The summed E-state index contributed by atoms with van der Waals surface area (Å²) in [5.41, 5.74) is 0.990. The molecule has 2 aliphatic rings. The molecular weight excluding hydrogens is 413 g/mol. The van der Waals surface area contributed by atoms with Crippen molar-refractivity contribution in [3.05, 3.63) is 30.3 Å². The fourth-order valence-corrected chi connectivity index (χ4v) is 5.42. The number of hydrogen-bond acceptors (Lipinski definition) is 5. The Hall–Kier alpha value is -0.851. The summed E-state index contributed by atoms with van der Waals surface area (Å²) in [6.07, 6.45) is 1.76. The first kappa shape index (κ1) is 19.9. The van der Waals surface area contributed by atoms with Crippen molar-refractivity contribution in [2.45, 2.75) is 38.5 Å². The summed E-state index contributed by atoms with van der Waals surface area (Å²) in [7, 11) is 0. The maximum atomic E-state index is 5.65. The molecule has 1 radical (unpaired) electrons. The van der Waals surface area contributed by atoms with Crippen LogP contribution in [-0.2, 0) is 9.47 Å². The number of nitrogens with zero attached hydrogens (tertiary/aromatic N) is 3. The fourth-order valence-electron chi connectivity index (χ4n) is 3.49. The molecule has 1 aromatic rings. The van der Waals surface area contributed by atoms with Gasteiger partial charge in [-0.25, -0.2) is 0 Å². The van der Waals surface area contributed by atoms with Gasteiger partial charge in [-0.1, -0.05) is 0 Å². The van der Waals surface area contributed by atoms with Gasteiger partial charge in [0.25, 0.3) is 0 Å². The molecule has 3 rings (SSSR count). The third-order valence-electron chi connectivity index (χ3n) is 4.67. The molecule has 0 unspecified atom stereocenters. The third kappa shape index (κ3) is 4.18. The van der Waals surface area contributed by atoms with E-state index in [4.69, 9.17) is 19.5 Å². The van der Waals surface area contributed by atoms with Gasteiger partial charge in [0.2, 0.25) is 0 Å². The van der Waals surface area contributed by atoms with Crippen molar-refractivity contribution in [1.82, 2.24) is 0 Å². The Bertz CT molecular complexity index is 641. The molecule has 7 heteroatoms. The first-order chi connectivity index (χ1) is 12.7. The van der Waals surface area contributed by atoms with Crippen molar-refractivity contribution in [2.75, 3.05) is 36.2 Å². The van der Waals surface area contributed by atoms with Gasteiger partial charge in [-0.15, -0.1) is 0 Å². The Balaban J connectivity index is 1.90. The molecule has 26 heavy (non-hydrogen) atoms. The van der Waals surface area contributed by atoms with Crippen molar-refractivity contribution in [1.29, 1.82) is 0 Å². The van der Waals surface area contributed by atoms with Crippen LogP contribution in [0.3, 0.4) is 0 Å². The zero-order valence-electron chi connectivity index (χ0n) is 15.4. The Morgan fingerprint density at radius 2 is 1.85 bits per heavy atom. The van der Waals surface area contributed by atoms with E-state index in [0.29, 0.717) is 19.8 Å². The van der Waals surface area contributed by atoms with E-state index in [9.17, 15) is 0 Å². The monoisotopic (exact) mass is 440 g/mol. The second kappa shape index (κ2) is 9.38. The summed E-state index contributed by atoms with van der Waals surface area (Å²) in [5, 5.41) is 0. The summed E-state index contributed by atoms with van der Waals surface area (Å²) in [6.45, 7) is 5.66. The molecule has 5 nitrogen and oxygen atoms in total. The van der Waals surface area contributed by atoms with E-state index >= 15 is 0 Å². The number of para-hydroxylation sites is 1. The summed E-state index contributed by atoms with van der Waals surface area (Å²) >= 11 is 5.16. The molecule has 1 saturated heterocycles. The quantitative estimate of drug-likeness (QED) is 0.484. The van der Waals surface area contributed by atoms with Crippen LogP contribution >= 0.6 is 11.8 Å². The minimum atomic E-state index is -0.308. The van der Waals surface area contributed by atoms with Crippen molar-refractivity contribution < 1.29 is 9.47 Å². The normalized spacial score (nSPS) is 21.0. The van der Waals surface area contributed by atoms with Gasteiger partial charge in [-0.05, 0) is 0 Å². The molecule has 0 atom stereocenters. The number of rotatable bonds is 7. The van der Waals surface area contributed by atoms with Gasteiger partial charge in [-0.3, -0.25) is 0 Å². The second-order valence-corrected chi connectivity index (χ2v) is 8.20. The van der Waals surface area contributed by atoms with Crippen LogP contribution in [0.5, 0.6) is 0 Å². The third-order valence-corrected chi connectivity index (χ3v) is 6.23. The van der Waals surface area contributed by atoms with E-state index in [1.54, 1.807) is 0 Å². The molecule has 0 aliphatic carbocycles. The molecule has 1 spiro atoms. The van der Waals surface area contributed by atoms with Crippen LogP contribution in [0.4, 0.5) is 5.69 Å². The number of aliphatic imine (C=N–C) groups is 2. The van der Waals surface area contributed by atoms with E-state index in [1.165, 1.54) is 0 Å². The van der Waals surface area contributed by atoms with Crippen molar-refractivity contribution in [2.24, 2.45) is 9.98 Å². The van der Waals surface area contributed by atoms with E-state index < -0.39 is 0 Å². The van der Waals surface area contributed by atoms with Gasteiger partial charge in [0.1, 0.15) is 0 Å². The fraction of sp³-hybridized carbons (Fsp3) is 0.579. The molecule has 0 bridgehead atoms. The summed E-state index contributed by atoms with van der Waals surface area (Å²) < 4.78 is 12.2. The molecule has 1 aromatic carbocycles. The maximum absolute atomic E-state index is 5.65. The Labute approximate surface area is 168 Å². The first-order valence-electron chi connectivity index (χ1n) is 9.18. The molecule has 0 aromatic heterocycles. The van der Waals surface area contributed by atoms with Crippen LogP contribution in [0.15, 0.2) is 40.3 Å². The molecule has 2 heterocycles. The average Bonchev–Trinajstić information content (AvgIpc) is 2.92. The van der Waals surface area contributed by atoms with Gasteiger partial charge >= 0.3 is 169 Å². The van der Waals surface area contributed by atoms with Crippen LogP contribution in [0.25, 0.3) is 0 Å². The predicted molar refractivity (Wildman–Crippen MR) is 111 cm³/mol. The number of ether oxygens (including phenoxy) is 2. The Kier molecular flexibility index (Phi) is 7.18. The average molecular weight is 439 g/mol. The molecule has 0 saturated carbocycles. The van der Waals surface area contributed by atoms with Crippen molar-refractivity contribution in [3.63, 3.8) is 0 Å². The molecule has 2 aliphatic heterocycles. The second-order valence-electron chi connectivity index (χ2n) is 6.21. The zero-order chi connectivity index (χ0) is 18.4. The van der Waals surface area contributed by atoms with E-state index in [-0.39, 0.29) is 11.8 Å². The number of amidine groups is 2. The van der Waals surface area contributed by atoms with Gasteiger partial charge in [0, 0.05) is 0 Å². The SMILES string of the molecule is CCOC(CN=C1N=C([Se])N(c2ccccc2)C12CCSCC2)OCC. The van der Waals surface area contributed by atoms with Gasteiger partial charge in [0.15, 0.2) is 0 Å². The standard InChI is InChI=1S/C19H26N3O2SSe/c1-3-23-16(24-4-2)14-20-17-19(10-12-25-13-11-19)22(18(26)21-17)15-8-6-5-7-9-15/h5-9,16H,3-4,10-14H2,1-2H3. The minimum absolute atomic E-state index is 0.170. The van der Waals surface area contributed by atoms with Crippen LogP contribution in [0, 0.1) is 0 Å². The number of anilines is 1. The van der Waals surface area contributed by atoms with E-state index in [1.807, 2.05) is 31.7 Å². The number of benzene rings is 1. The molecular formula is C19H26N3O2SSe. The summed E-state index contributed by atoms with van der Waals surface area (Å²) in [6, 6.07) is 10.5. The van der Waals surface area contributed by atoms with Crippen molar-refractivity contribution in [3.8, 4) is 0 Å². The summed E-state index contributed by atoms with van der Waals surface area (Å²) in [4.78, 5) is 12.0. The van der Waals surface area contributed by atoms with Crippen LogP contribution in [0.1, 0.15) is 26.7 Å². The van der Waals surface area contributed by atoms with E-state index in [2.05, 4.69) is 45.2 Å². The molecule has 0 N–H and O–H groups in total. The first-order valence-corrected chi connectivity index (χ1v) is 11.2. The Morgan fingerprint density at radius 1 is 1.19 bits per heavy atom. The van der Waals surface area contributed by atoms with Crippen LogP contribution in [0.2, 0.25) is 0 Å². The molecule has 1 fully saturated rings. The van der Waals surface area contributed by atoms with Crippen LogP contribution < -0.4 is 4.90 Å².